The molecule has 0 atom stereocenters. The molecule has 26 heavy (non-hydrogen) atoms. The molecule has 0 aliphatic carbocycles. The van der Waals surface area contributed by atoms with Crippen LogP contribution in [0.15, 0.2) is 71.7 Å². The van der Waals surface area contributed by atoms with Gasteiger partial charge in [-0.15, -0.1) is 0 Å². The van der Waals surface area contributed by atoms with Gasteiger partial charge in [0.2, 0.25) is 5.95 Å². The molecule has 1 fully saturated rings. The second-order valence-electron chi connectivity index (χ2n) is 6.32. The lowest BCUT2D eigenvalue weighted by molar-refractivity contribution is 0.121. The van der Waals surface area contributed by atoms with Crippen LogP contribution in [0.4, 0.5) is 5.95 Å². The van der Waals surface area contributed by atoms with E-state index in [0.29, 0.717) is 31.1 Å². The van der Waals surface area contributed by atoms with E-state index in [1.165, 1.54) is 0 Å². The van der Waals surface area contributed by atoms with Crippen LogP contribution < -0.4 is 10.5 Å². The van der Waals surface area contributed by atoms with E-state index in [-0.39, 0.29) is 5.56 Å². The summed E-state index contributed by atoms with van der Waals surface area (Å²) < 4.78 is 7.17. The monoisotopic (exact) mass is 347 g/mol. The van der Waals surface area contributed by atoms with Gasteiger partial charge in [-0.1, -0.05) is 48.5 Å². The normalized spacial score (nSPS) is 14.4. The van der Waals surface area contributed by atoms with Gasteiger partial charge in [-0.05, 0) is 17.7 Å². The minimum absolute atomic E-state index is 0.0171. The average molecular weight is 347 g/mol. The highest BCUT2D eigenvalue weighted by Crippen LogP contribution is 2.17. The van der Waals surface area contributed by atoms with Crippen molar-refractivity contribution < 1.29 is 4.74 Å². The van der Waals surface area contributed by atoms with Crippen LogP contribution in [0.5, 0.6) is 0 Å². The quantitative estimate of drug-likeness (QED) is 0.728. The van der Waals surface area contributed by atoms with Crippen LogP contribution in [0, 0.1) is 0 Å². The van der Waals surface area contributed by atoms with E-state index < -0.39 is 0 Å². The number of anilines is 1. The van der Waals surface area contributed by atoms with Crippen molar-refractivity contribution in [3.05, 3.63) is 88.3 Å². The molecule has 0 amide bonds. The summed E-state index contributed by atoms with van der Waals surface area (Å²) in [6.45, 7) is 2.77. The summed E-state index contributed by atoms with van der Waals surface area (Å²) in [6.07, 6.45) is 2.29. The lowest BCUT2D eigenvalue weighted by atomic mass is 10.1. The Bertz CT molecular complexity index is 917. The van der Waals surface area contributed by atoms with Crippen LogP contribution in [-0.2, 0) is 11.2 Å². The van der Waals surface area contributed by atoms with Crippen molar-refractivity contribution in [2.24, 2.45) is 0 Å². The molecule has 5 nitrogen and oxygen atoms in total. The van der Waals surface area contributed by atoms with Crippen molar-refractivity contribution in [1.29, 1.82) is 0 Å². The van der Waals surface area contributed by atoms with Gasteiger partial charge in [0.15, 0.2) is 0 Å². The molecule has 1 saturated heterocycles. The van der Waals surface area contributed by atoms with E-state index >= 15 is 0 Å². The maximum absolute atomic E-state index is 13.3. The van der Waals surface area contributed by atoms with Crippen molar-refractivity contribution >= 4 is 5.95 Å². The van der Waals surface area contributed by atoms with Crippen LogP contribution in [0.25, 0.3) is 5.69 Å². The van der Waals surface area contributed by atoms with E-state index in [2.05, 4.69) is 9.88 Å². The smallest absolute Gasteiger partial charge is 0.263 e. The van der Waals surface area contributed by atoms with Gasteiger partial charge >= 0.3 is 0 Å². The summed E-state index contributed by atoms with van der Waals surface area (Å²) in [4.78, 5) is 20.1. The number of nitrogens with zero attached hydrogens (tertiary/aromatic N) is 3. The van der Waals surface area contributed by atoms with Crippen molar-refractivity contribution in [3.8, 4) is 5.69 Å². The van der Waals surface area contributed by atoms with E-state index in [9.17, 15) is 4.79 Å². The zero-order valence-electron chi connectivity index (χ0n) is 14.5. The predicted molar refractivity (Wildman–Crippen MR) is 102 cm³/mol. The molecule has 0 unspecified atom stereocenters. The maximum atomic E-state index is 13.3. The molecule has 0 spiro atoms. The molecule has 0 bridgehead atoms. The number of rotatable bonds is 4. The zero-order valence-corrected chi connectivity index (χ0v) is 14.5. The summed E-state index contributed by atoms with van der Waals surface area (Å²) in [5, 5.41) is 0. The first-order chi connectivity index (χ1) is 12.8. The van der Waals surface area contributed by atoms with Crippen molar-refractivity contribution in [2.75, 3.05) is 31.2 Å². The van der Waals surface area contributed by atoms with Crippen molar-refractivity contribution in [2.45, 2.75) is 6.42 Å². The Hall–Kier alpha value is -2.92. The fourth-order valence-electron chi connectivity index (χ4n) is 3.22. The molecule has 2 aromatic carbocycles. The maximum Gasteiger partial charge on any atom is 0.263 e. The van der Waals surface area contributed by atoms with Gasteiger partial charge in [0.25, 0.3) is 5.56 Å². The van der Waals surface area contributed by atoms with Gasteiger partial charge in [-0.3, -0.25) is 4.79 Å². The average Bonchev–Trinajstić information content (AvgIpc) is 2.71. The van der Waals surface area contributed by atoms with Gasteiger partial charge in [0.05, 0.1) is 18.9 Å². The topological polar surface area (TPSA) is 47.4 Å². The number of benzene rings is 2. The molecule has 0 saturated carbocycles. The molecule has 2 heterocycles. The first kappa shape index (κ1) is 16.5. The Kier molecular flexibility index (Phi) is 4.80. The van der Waals surface area contributed by atoms with E-state index in [1.54, 1.807) is 10.8 Å². The fourth-order valence-corrected chi connectivity index (χ4v) is 3.22. The Morgan fingerprint density at radius 3 is 2.27 bits per heavy atom. The number of para-hydroxylation sites is 1. The fraction of sp³-hybridized carbons (Fsp3) is 0.238. The molecule has 4 rings (SSSR count). The Balaban J connectivity index is 1.80. The highest BCUT2D eigenvalue weighted by Gasteiger charge is 2.19. The number of aromatic nitrogens is 2. The van der Waals surface area contributed by atoms with E-state index in [0.717, 1.165) is 24.3 Å². The van der Waals surface area contributed by atoms with E-state index in [4.69, 9.17) is 4.74 Å². The molecule has 0 N–H and O–H groups in total. The number of morpholine rings is 1. The summed E-state index contributed by atoms with van der Waals surface area (Å²) in [7, 11) is 0. The highest BCUT2D eigenvalue weighted by atomic mass is 16.5. The second kappa shape index (κ2) is 7.54. The molecule has 0 radical (unpaired) electrons. The molecule has 1 aromatic heterocycles. The van der Waals surface area contributed by atoms with Gasteiger partial charge in [-0.25, -0.2) is 9.55 Å². The van der Waals surface area contributed by atoms with Gasteiger partial charge in [0.1, 0.15) is 0 Å². The van der Waals surface area contributed by atoms with Crippen LogP contribution in [0.1, 0.15) is 11.1 Å². The Labute approximate surface area is 152 Å². The van der Waals surface area contributed by atoms with Gasteiger partial charge in [0, 0.05) is 31.3 Å². The zero-order chi connectivity index (χ0) is 17.8. The number of hydrogen-bond donors (Lipinski definition) is 0. The summed E-state index contributed by atoms with van der Waals surface area (Å²) in [5.74, 6) is 0.682. The minimum atomic E-state index is -0.0171. The molecule has 1 aliphatic heterocycles. The first-order valence-corrected chi connectivity index (χ1v) is 8.86. The lowest BCUT2D eigenvalue weighted by Gasteiger charge is -2.29. The van der Waals surface area contributed by atoms with Crippen LogP contribution in [-0.4, -0.2) is 35.9 Å². The van der Waals surface area contributed by atoms with Crippen molar-refractivity contribution in [1.82, 2.24) is 9.55 Å². The number of hydrogen-bond acceptors (Lipinski definition) is 4. The first-order valence-electron chi connectivity index (χ1n) is 8.86. The van der Waals surface area contributed by atoms with Gasteiger partial charge < -0.3 is 9.64 Å². The summed E-state index contributed by atoms with van der Waals surface area (Å²) in [6, 6.07) is 19.7. The van der Waals surface area contributed by atoms with Crippen LogP contribution >= 0.6 is 0 Å². The molecule has 5 heteroatoms. The second-order valence-corrected chi connectivity index (χ2v) is 6.32. The highest BCUT2D eigenvalue weighted by molar-refractivity contribution is 5.44. The third-order valence-electron chi connectivity index (χ3n) is 4.56. The molecular weight excluding hydrogens is 326 g/mol. The minimum Gasteiger partial charge on any atom is -0.378 e. The van der Waals surface area contributed by atoms with Crippen LogP contribution in [0.2, 0.25) is 0 Å². The summed E-state index contributed by atoms with van der Waals surface area (Å²) in [5.41, 5.74) is 2.61. The SMILES string of the molecule is O=c1c(Cc2ccccc2)cnc(N2CCOCC2)n1-c1ccccc1. The van der Waals surface area contributed by atoms with Crippen molar-refractivity contribution in [3.63, 3.8) is 0 Å². The largest absolute Gasteiger partial charge is 0.378 e. The summed E-state index contributed by atoms with van der Waals surface area (Å²) >= 11 is 0. The third-order valence-corrected chi connectivity index (χ3v) is 4.56. The number of ether oxygens (including phenoxy) is 1. The predicted octanol–water partition coefficient (Wildman–Crippen LogP) is 2.66. The Morgan fingerprint density at radius 1 is 0.923 bits per heavy atom. The van der Waals surface area contributed by atoms with Crippen LogP contribution in [0.3, 0.4) is 0 Å². The lowest BCUT2D eigenvalue weighted by Crippen LogP contribution is -2.40. The molecule has 3 aromatic rings. The molecule has 132 valence electrons. The van der Waals surface area contributed by atoms with Gasteiger partial charge in [-0.2, -0.15) is 0 Å². The third kappa shape index (κ3) is 3.39. The molecular formula is C21H21N3O2. The standard InChI is InChI=1S/C21H21N3O2/c25-20-18(15-17-7-3-1-4-8-17)16-22-21(23-11-13-26-14-12-23)24(20)19-9-5-2-6-10-19/h1-10,16H,11-15H2. The van der Waals surface area contributed by atoms with E-state index in [1.807, 2.05) is 60.7 Å². The molecule has 1 aliphatic rings. The Morgan fingerprint density at radius 2 is 1.58 bits per heavy atom.